The molecule has 2 N–H and O–H groups in total. The predicted octanol–water partition coefficient (Wildman–Crippen LogP) is 15.3. The molecular formula is C58H44N4OS. The Morgan fingerprint density at radius 3 is 2.11 bits per heavy atom. The monoisotopic (exact) mass is 844 g/mol. The maximum atomic E-state index is 6.62. The Kier molecular flexibility index (Phi) is 10.7. The molecule has 6 heteroatoms. The van der Waals surface area contributed by atoms with Gasteiger partial charge in [-0.05, 0) is 88.0 Å². The van der Waals surface area contributed by atoms with Gasteiger partial charge >= 0.3 is 0 Å². The second kappa shape index (κ2) is 17.1. The minimum atomic E-state index is 0.494. The van der Waals surface area contributed by atoms with Crippen LogP contribution in [0.25, 0.3) is 71.4 Å². The highest BCUT2D eigenvalue weighted by molar-refractivity contribution is 7.19. The molecule has 10 aromatic rings. The van der Waals surface area contributed by atoms with Gasteiger partial charge in [0, 0.05) is 54.6 Å². The molecule has 0 atom stereocenters. The van der Waals surface area contributed by atoms with Crippen LogP contribution in [0.15, 0.2) is 202 Å². The van der Waals surface area contributed by atoms with Gasteiger partial charge in [0.2, 0.25) is 0 Å². The van der Waals surface area contributed by atoms with Crippen molar-refractivity contribution in [1.29, 1.82) is 0 Å². The lowest BCUT2D eigenvalue weighted by Crippen LogP contribution is -2.12. The first-order valence-electron chi connectivity index (χ1n) is 21.3. The highest BCUT2D eigenvalue weighted by Crippen LogP contribution is 2.41. The van der Waals surface area contributed by atoms with Crippen molar-refractivity contribution >= 4 is 106 Å². The van der Waals surface area contributed by atoms with E-state index in [1.54, 1.807) is 11.3 Å². The summed E-state index contributed by atoms with van der Waals surface area (Å²) in [5.74, 6) is 1.06. The van der Waals surface area contributed by atoms with Crippen molar-refractivity contribution in [1.82, 2.24) is 0 Å². The fourth-order valence-corrected chi connectivity index (χ4v) is 9.91. The smallest absolute Gasteiger partial charge is 0.160 e. The van der Waals surface area contributed by atoms with Crippen molar-refractivity contribution in [3.63, 3.8) is 0 Å². The molecule has 0 spiro atoms. The second-order valence-corrected chi connectivity index (χ2v) is 16.9. The second-order valence-electron chi connectivity index (χ2n) is 15.8. The Labute approximate surface area is 376 Å². The normalized spacial score (nSPS) is 12.7. The van der Waals surface area contributed by atoms with E-state index in [0.717, 1.165) is 104 Å². The minimum Gasteiger partial charge on any atom is -0.456 e. The number of thiophene rings is 1. The van der Waals surface area contributed by atoms with E-state index < -0.39 is 0 Å². The molecule has 0 radical (unpaired) electrons. The molecule has 0 aliphatic heterocycles. The number of fused-ring (bicyclic) bond motifs is 7. The van der Waals surface area contributed by atoms with E-state index in [1.807, 2.05) is 92.7 Å². The molecule has 2 heterocycles. The van der Waals surface area contributed by atoms with E-state index in [4.69, 9.17) is 25.1 Å². The maximum absolute atomic E-state index is 6.62. The van der Waals surface area contributed by atoms with E-state index in [-0.39, 0.29) is 0 Å². The van der Waals surface area contributed by atoms with Gasteiger partial charge in [0.05, 0.1) is 11.4 Å². The molecule has 0 aliphatic carbocycles. The predicted molar refractivity (Wildman–Crippen MR) is 276 cm³/mol. The number of allylic oxidation sites excluding steroid dienone is 1. The van der Waals surface area contributed by atoms with Gasteiger partial charge in [-0.1, -0.05) is 165 Å². The molecule has 5 nitrogen and oxygen atoms in total. The average Bonchev–Trinajstić information content (AvgIpc) is 3.88. The van der Waals surface area contributed by atoms with Crippen LogP contribution in [0.2, 0.25) is 0 Å². The van der Waals surface area contributed by atoms with Crippen LogP contribution in [0.3, 0.4) is 0 Å². The summed E-state index contributed by atoms with van der Waals surface area (Å²) in [5.41, 5.74) is 17.6. The van der Waals surface area contributed by atoms with Crippen molar-refractivity contribution < 1.29 is 4.42 Å². The molecule has 0 unspecified atom stereocenters. The lowest BCUT2D eigenvalue weighted by Gasteiger charge is -2.15. The number of rotatable bonds is 10. The van der Waals surface area contributed by atoms with E-state index in [9.17, 15) is 0 Å². The molecular weight excluding hydrogens is 801 g/mol. The summed E-state index contributed by atoms with van der Waals surface area (Å²) in [6, 6.07) is 56.0. The Bertz CT molecular complexity index is 3590. The summed E-state index contributed by atoms with van der Waals surface area (Å²) in [7, 11) is 0. The number of furan rings is 1. The standard InChI is InChI=1S/C58H44N4OS/c1-5-18-44-42(6-2)45-23-13-14-24-46(45)49-35-41(30-31-47(44)49)58(60-36(3)39-19-9-7-10-20-39)61-37(4)43-26-17-27-52-55(43)50-33-38(29-32-51(50)63-52)34-54-56(48-25-15-16-28-53(48)64-54)62-57(59)40-21-11-8-12-22-40/h5-33,35H,2-3,34H2,1,4H3,(H2,59,62)/b18-5-,60-58?,61-37?. The topological polar surface area (TPSA) is 76.2 Å². The van der Waals surface area contributed by atoms with Gasteiger partial charge in [-0.15, -0.1) is 11.3 Å². The Morgan fingerprint density at radius 2 is 1.34 bits per heavy atom. The molecule has 0 saturated carbocycles. The Balaban J connectivity index is 1.10. The van der Waals surface area contributed by atoms with Crippen LogP contribution >= 0.6 is 11.3 Å². The summed E-state index contributed by atoms with van der Waals surface area (Å²) in [6.07, 6.45) is 6.88. The molecule has 0 saturated heterocycles. The molecule has 308 valence electrons. The first-order valence-corrected chi connectivity index (χ1v) is 22.2. The van der Waals surface area contributed by atoms with Crippen LogP contribution in [-0.4, -0.2) is 17.4 Å². The van der Waals surface area contributed by atoms with Gasteiger partial charge in [0.15, 0.2) is 5.84 Å². The van der Waals surface area contributed by atoms with Crippen LogP contribution in [0.1, 0.15) is 57.7 Å². The van der Waals surface area contributed by atoms with Crippen molar-refractivity contribution in [3.8, 4) is 0 Å². The van der Waals surface area contributed by atoms with Crippen LogP contribution in [0.4, 0.5) is 5.69 Å². The molecule has 2 aromatic heterocycles. The van der Waals surface area contributed by atoms with Gasteiger partial charge in [0.25, 0.3) is 0 Å². The van der Waals surface area contributed by atoms with E-state index >= 15 is 0 Å². The number of hydrogen-bond donors (Lipinski definition) is 1. The van der Waals surface area contributed by atoms with Crippen molar-refractivity contribution in [2.45, 2.75) is 20.3 Å². The summed E-state index contributed by atoms with van der Waals surface area (Å²) in [5, 5.41) is 7.66. The molecule has 0 fully saturated rings. The first kappa shape index (κ1) is 40.2. The largest absolute Gasteiger partial charge is 0.456 e. The molecule has 0 aliphatic rings. The SMILES string of the molecule is C=Cc1c(/C=C\C)c2ccc(C(=NC(=C)c3ccccc3)N=C(C)c3cccc4oc5ccc(Cc6sc7ccccc7c6N=C(N)c6ccccc6)cc5c34)cc2c2ccccc12. The van der Waals surface area contributed by atoms with E-state index in [2.05, 4.69) is 116 Å². The summed E-state index contributed by atoms with van der Waals surface area (Å²) >= 11 is 1.76. The lowest BCUT2D eigenvalue weighted by atomic mass is 9.90. The third-order valence-corrected chi connectivity index (χ3v) is 12.9. The minimum absolute atomic E-state index is 0.494. The van der Waals surface area contributed by atoms with Gasteiger partial charge in [0.1, 0.15) is 17.0 Å². The third-order valence-electron chi connectivity index (χ3n) is 11.8. The number of hydrogen-bond acceptors (Lipinski definition) is 4. The zero-order chi connectivity index (χ0) is 43.7. The molecule has 8 aromatic carbocycles. The average molecular weight is 845 g/mol. The number of aliphatic imine (C=N–C) groups is 3. The fraction of sp³-hybridized carbons (Fsp3) is 0.0517. The van der Waals surface area contributed by atoms with Crippen LogP contribution in [0.5, 0.6) is 0 Å². The summed E-state index contributed by atoms with van der Waals surface area (Å²) < 4.78 is 7.70. The van der Waals surface area contributed by atoms with Crippen LogP contribution < -0.4 is 5.73 Å². The Morgan fingerprint density at radius 1 is 0.641 bits per heavy atom. The molecule has 10 rings (SSSR count). The Hall–Kier alpha value is -7.93. The molecule has 0 amide bonds. The number of nitrogens with zero attached hydrogens (tertiary/aromatic N) is 3. The first-order chi connectivity index (χ1) is 31.4. The van der Waals surface area contributed by atoms with Gasteiger partial charge in [-0.2, -0.15) is 0 Å². The highest BCUT2D eigenvalue weighted by Gasteiger charge is 2.19. The van der Waals surface area contributed by atoms with E-state index in [0.29, 0.717) is 23.8 Å². The van der Waals surface area contributed by atoms with Gasteiger partial charge in [-0.25, -0.2) is 15.0 Å². The third kappa shape index (κ3) is 7.44. The molecule has 0 bridgehead atoms. The lowest BCUT2D eigenvalue weighted by molar-refractivity contribution is 0.669. The number of benzene rings is 8. The number of nitrogens with two attached hydrogens (primary N) is 1. The van der Waals surface area contributed by atoms with Gasteiger partial charge in [-0.3, -0.25) is 0 Å². The maximum Gasteiger partial charge on any atom is 0.160 e. The van der Waals surface area contributed by atoms with Crippen LogP contribution in [-0.2, 0) is 6.42 Å². The molecule has 64 heavy (non-hydrogen) atoms. The summed E-state index contributed by atoms with van der Waals surface area (Å²) in [4.78, 5) is 16.8. The number of amidine groups is 2. The van der Waals surface area contributed by atoms with Crippen molar-refractivity contribution in [2.24, 2.45) is 20.7 Å². The van der Waals surface area contributed by atoms with Crippen LogP contribution in [0, 0.1) is 0 Å². The zero-order valence-electron chi connectivity index (χ0n) is 35.7. The van der Waals surface area contributed by atoms with Crippen molar-refractivity contribution in [2.75, 3.05) is 0 Å². The summed E-state index contributed by atoms with van der Waals surface area (Å²) in [6.45, 7) is 12.7. The van der Waals surface area contributed by atoms with Crippen molar-refractivity contribution in [3.05, 3.63) is 227 Å². The quantitative estimate of drug-likeness (QED) is 0.0846. The zero-order valence-corrected chi connectivity index (χ0v) is 36.5. The highest BCUT2D eigenvalue weighted by atomic mass is 32.1. The van der Waals surface area contributed by atoms with Gasteiger partial charge < -0.3 is 10.2 Å². The van der Waals surface area contributed by atoms with E-state index in [1.165, 1.54) is 4.70 Å². The fourth-order valence-electron chi connectivity index (χ4n) is 8.74.